The van der Waals surface area contributed by atoms with Gasteiger partial charge in [-0.05, 0) is 55.0 Å². The molecule has 7 nitrogen and oxygen atoms in total. The van der Waals surface area contributed by atoms with E-state index in [-0.39, 0.29) is 24.2 Å². The standard InChI is InChI=1S/C28H37N3O4.ClH/c1-21(2)19-25-26(32)31(17-18-34-3)28(27(33)29-25)13-15-30(16-14-28)20-22-9-11-24(12-10-22)35-23-7-5-4-6-8-23;/h4-12,21,25H,13-20H2,1-3H3,(H,29,33);1H. The van der Waals surface area contributed by atoms with Crippen molar-refractivity contribution in [3.63, 3.8) is 0 Å². The van der Waals surface area contributed by atoms with Gasteiger partial charge in [-0.2, -0.15) is 0 Å². The van der Waals surface area contributed by atoms with Crippen LogP contribution in [0.2, 0.25) is 0 Å². The van der Waals surface area contributed by atoms with Gasteiger partial charge in [0.1, 0.15) is 23.1 Å². The lowest BCUT2D eigenvalue weighted by atomic mass is 9.81. The topological polar surface area (TPSA) is 71.1 Å². The molecular formula is C28H38ClN3O4. The molecule has 1 atom stereocenters. The second kappa shape index (κ2) is 12.6. The lowest BCUT2D eigenvalue weighted by Crippen LogP contribution is -2.73. The molecule has 2 aromatic carbocycles. The number of amides is 2. The van der Waals surface area contributed by atoms with Crippen molar-refractivity contribution in [2.45, 2.75) is 51.2 Å². The Kier molecular flexibility index (Phi) is 9.77. The molecule has 0 radical (unpaired) electrons. The third-order valence-corrected chi connectivity index (χ3v) is 7.03. The van der Waals surface area contributed by atoms with Crippen LogP contribution in [0.3, 0.4) is 0 Å². The van der Waals surface area contributed by atoms with Crippen LogP contribution in [-0.4, -0.2) is 66.5 Å². The van der Waals surface area contributed by atoms with Crippen LogP contribution < -0.4 is 10.1 Å². The molecule has 0 aliphatic carbocycles. The number of piperidine rings is 1. The fourth-order valence-corrected chi connectivity index (χ4v) is 5.14. The van der Waals surface area contributed by atoms with Gasteiger partial charge in [0.2, 0.25) is 11.8 Å². The molecule has 2 aliphatic heterocycles. The number of ether oxygens (including phenoxy) is 2. The van der Waals surface area contributed by atoms with E-state index in [0.29, 0.717) is 38.3 Å². The number of carbonyl (C=O) groups excluding carboxylic acids is 2. The second-order valence-corrected chi connectivity index (χ2v) is 10.0. The number of methoxy groups -OCH3 is 1. The normalized spacial score (nSPS) is 19.8. The van der Waals surface area contributed by atoms with Crippen LogP contribution in [-0.2, 0) is 20.9 Å². The van der Waals surface area contributed by atoms with Crippen LogP contribution in [0, 0.1) is 5.92 Å². The van der Waals surface area contributed by atoms with E-state index in [4.69, 9.17) is 9.47 Å². The van der Waals surface area contributed by atoms with Gasteiger partial charge < -0.3 is 19.7 Å². The zero-order chi connectivity index (χ0) is 24.8. The molecule has 2 fully saturated rings. The first kappa shape index (κ1) is 28.0. The molecular weight excluding hydrogens is 478 g/mol. The van der Waals surface area contributed by atoms with Crippen molar-refractivity contribution < 1.29 is 19.1 Å². The molecule has 1 unspecified atom stereocenters. The number of hydrogen-bond donors (Lipinski definition) is 1. The zero-order valence-electron chi connectivity index (χ0n) is 21.4. The SMILES string of the molecule is COCCN1C(=O)C(CC(C)C)NC(=O)C12CCN(Cc1ccc(Oc3ccccc3)cc1)CC2.Cl. The summed E-state index contributed by atoms with van der Waals surface area (Å²) in [5.74, 6) is 1.96. The number of halogens is 1. The maximum atomic E-state index is 13.4. The maximum Gasteiger partial charge on any atom is 0.246 e. The Morgan fingerprint density at radius 1 is 1.00 bits per heavy atom. The average molecular weight is 516 g/mol. The minimum absolute atomic E-state index is 0. The predicted molar refractivity (Wildman–Crippen MR) is 142 cm³/mol. The smallest absolute Gasteiger partial charge is 0.246 e. The van der Waals surface area contributed by atoms with Crippen molar-refractivity contribution in [1.29, 1.82) is 0 Å². The highest BCUT2D eigenvalue weighted by Crippen LogP contribution is 2.34. The molecule has 2 saturated heterocycles. The largest absolute Gasteiger partial charge is 0.457 e. The minimum atomic E-state index is -0.785. The van der Waals surface area contributed by atoms with Gasteiger partial charge in [0.25, 0.3) is 0 Å². The van der Waals surface area contributed by atoms with Crippen molar-refractivity contribution in [3.05, 3.63) is 60.2 Å². The monoisotopic (exact) mass is 515 g/mol. The van der Waals surface area contributed by atoms with Gasteiger partial charge in [0.15, 0.2) is 0 Å². The van der Waals surface area contributed by atoms with E-state index in [1.54, 1.807) is 7.11 Å². The fourth-order valence-electron chi connectivity index (χ4n) is 5.14. The van der Waals surface area contributed by atoms with Crippen LogP contribution in [0.25, 0.3) is 0 Å². The van der Waals surface area contributed by atoms with Gasteiger partial charge >= 0.3 is 0 Å². The first-order valence-electron chi connectivity index (χ1n) is 12.6. The second-order valence-electron chi connectivity index (χ2n) is 10.0. The van der Waals surface area contributed by atoms with Crippen LogP contribution in [0.1, 0.15) is 38.7 Å². The van der Waals surface area contributed by atoms with Crippen LogP contribution in [0.5, 0.6) is 11.5 Å². The van der Waals surface area contributed by atoms with Gasteiger partial charge in [-0.25, -0.2) is 0 Å². The summed E-state index contributed by atoms with van der Waals surface area (Å²) in [5.41, 5.74) is 0.409. The molecule has 2 aliphatic rings. The number of likely N-dealkylation sites (tertiary alicyclic amines) is 1. The molecule has 36 heavy (non-hydrogen) atoms. The summed E-state index contributed by atoms with van der Waals surface area (Å²) in [7, 11) is 1.63. The van der Waals surface area contributed by atoms with Crippen molar-refractivity contribution >= 4 is 24.2 Å². The molecule has 2 heterocycles. The maximum absolute atomic E-state index is 13.4. The molecule has 0 saturated carbocycles. The van der Waals surface area contributed by atoms with Crippen molar-refractivity contribution in [2.75, 3.05) is 33.4 Å². The first-order valence-corrected chi connectivity index (χ1v) is 12.6. The Morgan fingerprint density at radius 3 is 2.25 bits per heavy atom. The Balaban J connectivity index is 0.00000361. The van der Waals surface area contributed by atoms with Crippen LogP contribution in [0.15, 0.2) is 54.6 Å². The van der Waals surface area contributed by atoms with Gasteiger partial charge in [-0.1, -0.05) is 44.2 Å². The van der Waals surface area contributed by atoms with E-state index in [1.807, 2.05) is 47.4 Å². The molecule has 0 aromatic heterocycles. The molecule has 2 aromatic rings. The lowest BCUT2D eigenvalue weighted by Gasteiger charge is -2.51. The van der Waals surface area contributed by atoms with E-state index in [0.717, 1.165) is 31.1 Å². The molecule has 0 bridgehead atoms. The number of benzene rings is 2. The number of para-hydroxylation sites is 1. The Hall–Kier alpha value is -2.61. The highest BCUT2D eigenvalue weighted by Gasteiger charge is 2.53. The Labute approximate surface area is 220 Å². The highest BCUT2D eigenvalue weighted by molar-refractivity contribution is 6.00. The number of hydrogen-bond acceptors (Lipinski definition) is 5. The molecule has 8 heteroatoms. The zero-order valence-corrected chi connectivity index (χ0v) is 22.3. The summed E-state index contributed by atoms with van der Waals surface area (Å²) in [4.78, 5) is 30.9. The van der Waals surface area contributed by atoms with Gasteiger partial charge in [0, 0.05) is 33.3 Å². The fraction of sp³-hybridized carbons (Fsp3) is 0.500. The quantitative estimate of drug-likeness (QED) is 0.540. The Morgan fingerprint density at radius 2 is 1.64 bits per heavy atom. The number of rotatable bonds is 9. The van der Waals surface area contributed by atoms with Crippen LogP contribution in [0.4, 0.5) is 0 Å². The summed E-state index contributed by atoms with van der Waals surface area (Å²) in [6, 6.07) is 17.4. The highest BCUT2D eigenvalue weighted by atomic mass is 35.5. The summed E-state index contributed by atoms with van der Waals surface area (Å²) >= 11 is 0. The van der Waals surface area contributed by atoms with Crippen molar-refractivity contribution in [3.8, 4) is 11.5 Å². The first-order chi connectivity index (χ1) is 16.9. The van der Waals surface area contributed by atoms with E-state index >= 15 is 0 Å². The number of nitrogens with zero attached hydrogens (tertiary/aromatic N) is 2. The lowest BCUT2D eigenvalue weighted by molar-refractivity contribution is -0.162. The van der Waals surface area contributed by atoms with Gasteiger partial charge in [-0.3, -0.25) is 14.5 Å². The van der Waals surface area contributed by atoms with Gasteiger partial charge in [-0.15, -0.1) is 12.4 Å². The number of piperazine rings is 1. The van der Waals surface area contributed by atoms with E-state index < -0.39 is 11.6 Å². The van der Waals surface area contributed by atoms with Crippen molar-refractivity contribution in [2.24, 2.45) is 5.92 Å². The number of nitrogens with one attached hydrogen (secondary N) is 1. The summed E-state index contributed by atoms with van der Waals surface area (Å²) in [5, 5.41) is 3.05. The van der Waals surface area contributed by atoms with Crippen LogP contribution >= 0.6 is 12.4 Å². The predicted octanol–water partition coefficient (Wildman–Crippen LogP) is 4.25. The third kappa shape index (κ3) is 6.38. The average Bonchev–Trinajstić information content (AvgIpc) is 2.85. The third-order valence-electron chi connectivity index (χ3n) is 7.03. The summed E-state index contributed by atoms with van der Waals surface area (Å²) in [6.07, 6.45) is 1.90. The molecule has 2 amide bonds. The van der Waals surface area contributed by atoms with Crippen molar-refractivity contribution in [1.82, 2.24) is 15.1 Å². The number of carbonyl (C=O) groups is 2. The van der Waals surface area contributed by atoms with E-state index in [2.05, 4.69) is 36.2 Å². The van der Waals surface area contributed by atoms with E-state index in [9.17, 15) is 9.59 Å². The van der Waals surface area contributed by atoms with E-state index in [1.165, 1.54) is 5.56 Å². The van der Waals surface area contributed by atoms with Gasteiger partial charge in [0.05, 0.1) is 6.61 Å². The summed E-state index contributed by atoms with van der Waals surface area (Å²) < 4.78 is 11.2. The Bertz CT molecular complexity index is 992. The molecule has 1 N–H and O–H groups in total. The molecule has 196 valence electrons. The minimum Gasteiger partial charge on any atom is -0.457 e. The molecule has 1 spiro atoms. The summed E-state index contributed by atoms with van der Waals surface area (Å²) in [6.45, 7) is 7.31. The molecule has 4 rings (SSSR count).